The number of hydrogen-bond acceptors (Lipinski definition) is 3. The standard InChI is InChI=1S/C14H25N.CH4O3S/c1-3-5-6-7-8-9-12-15-13-10-11-14(15)4-2;1-5(2,3)4/h10-11,13H,3-9,12H2,1-2H3;1H3,(H,2,3,4). The molecule has 0 amide bonds. The maximum absolute atomic E-state index is 9.08. The molecule has 0 aromatic carbocycles. The number of nitrogens with one attached hydrogen (secondary N) is 1. The molecule has 0 saturated carbocycles. The van der Waals surface area contributed by atoms with E-state index in [1.807, 2.05) is 0 Å². The van der Waals surface area contributed by atoms with E-state index in [1.165, 1.54) is 51.5 Å². The SMILES string of the molecule is CCCCCCCC[NH+]1C=CC=C1CC.CS(=O)(=O)[O-]. The lowest BCUT2D eigenvalue weighted by Crippen LogP contribution is -3.04. The fourth-order valence-electron chi connectivity index (χ4n) is 2.18. The van der Waals surface area contributed by atoms with E-state index in [0.29, 0.717) is 6.26 Å². The van der Waals surface area contributed by atoms with Crippen LogP contribution in [0.3, 0.4) is 0 Å². The maximum atomic E-state index is 9.08. The third-order valence-electron chi connectivity index (χ3n) is 3.19. The topological polar surface area (TPSA) is 61.6 Å². The van der Waals surface area contributed by atoms with Crippen LogP contribution in [0.15, 0.2) is 24.0 Å². The molecule has 1 unspecified atom stereocenters. The van der Waals surface area contributed by atoms with Crippen molar-refractivity contribution in [1.29, 1.82) is 0 Å². The first kappa shape index (κ1) is 19.4. The summed E-state index contributed by atoms with van der Waals surface area (Å²) in [4.78, 5) is 1.59. The summed E-state index contributed by atoms with van der Waals surface area (Å²) in [6.07, 6.45) is 17.0. The van der Waals surface area contributed by atoms with Crippen LogP contribution in [-0.2, 0) is 10.1 Å². The molecular weight excluding hydrogens is 274 g/mol. The third kappa shape index (κ3) is 12.4. The van der Waals surface area contributed by atoms with Gasteiger partial charge in [0.25, 0.3) is 0 Å². The van der Waals surface area contributed by atoms with E-state index >= 15 is 0 Å². The van der Waals surface area contributed by atoms with Crippen LogP contribution in [0.1, 0.15) is 58.8 Å². The van der Waals surface area contributed by atoms with Crippen molar-refractivity contribution in [2.24, 2.45) is 0 Å². The van der Waals surface area contributed by atoms with Crippen molar-refractivity contribution in [2.45, 2.75) is 58.8 Å². The Morgan fingerprint density at radius 3 is 2.20 bits per heavy atom. The molecule has 0 radical (unpaired) electrons. The molecule has 1 aliphatic heterocycles. The van der Waals surface area contributed by atoms with Crippen LogP contribution in [0.25, 0.3) is 0 Å². The number of rotatable bonds is 8. The van der Waals surface area contributed by atoms with Crippen molar-refractivity contribution in [3.63, 3.8) is 0 Å². The monoisotopic (exact) mass is 303 g/mol. The van der Waals surface area contributed by atoms with E-state index in [-0.39, 0.29) is 0 Å². The maximum Gasteiger partial charge on any atom is 0.112 e. The van der Waals surface area contributed by atoms with Gasteiger partial charge in [-0.1, -0.05) is 39.5 Å². The molecule has 0 aromatic heterocycles. The summed E-state index contributed by atoms with van der Waals surface area (Å²) >= 11 is 0. The molecule has 118 valence electrons. The van der Waals surface area contributed by atoms with Crippen LogP contribution in [0.4, 0.5) is 0 Å². The molecule has 0 aliphatic carbocycles. The van der Waals surface area contributed by atoms with E-state index in [0.717, 1.165) is 0 Å². The first-order valence-electron chi connectivity index (χ1n) is 7.52. The molecule has 1 N–H and O–H groups in total. The van der Waals surface area contributed by atoms with Gasteiger partial charge in [-0.05, 0) is 18.9 Å². The summed E-state index contributed by atoms with van der Waals surface area (Å²) in [5.74, 6) is 0. The Kier molecular flexibility index (Phi) is 10.7. The molecule has 1 heterocycles. The molecule has 1 atom stereocenters. The Labute approximate surface area is 124 Å². The van der Waals surface area contributed by atoms with Crippen LogP contribution in [0.2, 0.25) is 0 Å². The van der Waals surface area contributed by atoms with E-state index in [1.54, 1.807) is 10.6 Å². The molecule has 0 fully saturated rings. The third-order valence-corrected chi connectivity index (χ3v) is 3.19. The molecule has 20 heavy (non-hydrogen) atoms. The van der Waals surface area contributed by atoms with Gasteiger partial charge in [0.2, 0.25) is 0 Å². The fourth-order valence-corrected chi connectivity index (χ4v) is 2.18. The lowest BCUT2D eigenvalue weighted by molar-refractivity contribution is -0.804. The second kappa shape index (κ2) is 11.1. The van der Waals surface area contributed by atoms with Crippen molar-refractivity contribution in [1.82, 2.24) is 0 Å². The Morgan fingerprint density at radius 2 is 1.65 bits per heavy atom. The predicted molar refractivity (Wildman–Crippen MR) is 82.3 cm³/mol. The Bertz CT molecular complexity index is 391. The molecule has 0 aromatic rings. The van der Waals surface area contributed by atoms with Gasteiger partial charge >= 0.3 is 0 Å². The molecule has 0 bridgehead atoms. The molecule has 0 saturated heterocycles. The second-order valence-corrected chi connectivity index (χ2v) is 6.56. The smallest absolute Gasteiger partial charge is 0.112 e. The summed E-state index contributed by atoms with van der Waals surface area (Å²) in [5.41, 5.74) is 1.56. The molecule has 1 aliphatic rings. The Balaban J connectivity index is 0.000000621. The second-order valence-electron chi connectivity index (χ2n) is 5.15. The zero-order chi connectivity index (χ0) is 15.4. The molecule has 5 heteroatoms. The minimum atomic E-state index is -3.92. The van der Waals surface area contributed by atoms with Crippen LogP contribution < -0.4 is 4.90 Å². The zero-order valence-corrected chi connectivity index (χ0v) is 13.8. The number of quaternary nitrogens is 1. The lowest BCUT2D eigenvalue weighted by Gasteiger charge is -2.12. The highest BCUT2D eigenvalue weighted by atomic mass is 32.2. The van der Waals surface area contributed by atoms with Crippen molar-refractivity contribution < 1.29 is 17.9 Å². The normalized spacial score (nSPS) is 17.6. The minimum Gasteiger partial charge on any atom is -0.748 e. The van der Waals surface area contributed by atoms with Crippen LogP contribution in [0, 0.1) is 0 Å². The van der Waals surface area contributed by atoms with Crippen molar-refractivity contribution >= 4 is 10.1 Å². The van der Waals surface area contributed by atoms with Gasteiger partial charge < -0.3 is 4.55 Å². The average molecular weight is 303 g/mol. The Morgan fingerprint density at radius 1 is 1.10 bits per heavy atom. The number of unbranched alkanes of at least 4 members (excludes halogenated alkanes) is 5. The van der Waals surface area contributed by atoms with Gasteiger partial charge in [0.15, 0.2) is 0 Å². The quantitative estimate of drug-likeness (QED) is 0.552. The lowest BCUT2D eigenvalue weighted by atomic mass is 10.1. The zero-order valence-electron chi connectivity index (χ0n) is 13.0. The molecule has 0 spiro atoms. The largest absolute Gasteiger partial charge is 0.748 e. The number of allylic oxidation sites excluding steroid dienone is 3. The van der Waals surface area contributed by atoms with Gasteiger partial charge in [-0.15, -0.1) is 0 Å². The summed E-state index contributed by atoms with van der Waals surface area (Å²) in [6.45, 7) is 5.82. The van der Waals surface area contributed by atoms with Crippen LogP contribution >= 0.6 is 0 Å². The van der Waals surface area contributed by atoms with E-state index < -0.39 is 10.1 Å². The highest BCUT2D eigenvalue weighted by molar-refractivity contribution is 7.84. The van der Waals surface area contributed by atoms with Gasteiger partial charge in [0.1, 0.15) is 5.70 Å². The molecule has 4 nitrogen and oxygen atoms in total. The van der Waals surface area contributed by atoms with Crippen molar-refractivity contribution in [3.05, 3.63) is 24.0 Å². The van der Waals surface area contributed by atoms with E-state index in [9.17, 15) is 0 Å². The highest BCUT2D eigenvalue weighted by Crippen LogP contribution is 2.04. The average Bonchev–Trinajstić information content (AvgIpc) is 2.79. The van der Waals surface area contributed by atoms with Gasteiger partial charge in [0, 0.05) is 18.8 Å². The van der Waals surface area contributed by atoms with Gasteiger partial charge in [0.05, 0.1) is 22.9 Å². The van der Waals surface area contributed by atoms with E-state index in [4.69, 9.17) is 13.0 Å². The predicted octanol–water partition coefficient (Wildman–Crippen LogP) is 2.21. The summed E-state index contributed by atoms with van der Waals surface area (Å²) in [5, 5.41) is 0. The first-order valence-corrected chi connectivity index (χ1v) is 9.34. The summed E-state index contributed by atoms with van der Waals surface area (Å²) in [7, 11) is -3.92. The first-order chi connectivity index (χ1) is 9.38. The molecular formula is C15H29NO3S. The summed E-state index contributed by atoms with van der Waals surface area (Å²) < 4.78 is 27.2. The van der Waals surface area contributed by atoms with Gasteiger partial charge in [-0.2, -0.15) is 0 Å². The van der Waals surface area contributed by atoms with Crippen molar-refractivity contribution in [2.75, 3.05) is 12.8 Å². The van der Waals surface area contributed by atoms with Crippen LogP contribution in [-0.4, -0.2) is 25.8 Å². The van der Waals surface area contributed by atoms with Crippen molar-refractivity contribution in [3.8, 4) is 0 Å². The fraction of sp³-hybridized carbons (Fsp3) is 0.733. The Hall–Kier alpha value is -0.650. The highest BCUT2D eigenvalue weighted by Gasteiger charge is 2.13. The molecule has 1 rings (SSSR count). The van der Waals surface area contributed by atoms with Gasteiger partial charge in [-0.3, -0.25) is 4.90 Å². The summed E-state index contributed by atoms with van der Waals surface area (Å²) in [6, 6.07) is 0. The minimum absolute atomic E-state index is 0.604. The van der Waals surface area contributed by atoms with Crippen LogP contribution in [0.5, 0.6) is 0 Å². The van der Waals surface area contributed by atoms with Gasteiger partial charge in [-0.25, -0.2) is 8.42 Å². The van der Waals surface area contributed by atoms with E-state index in [2.05, 4.69) is 32.2 Å². The number of hydrogen-bond donors (Lipinski definition) is 1.